The molecule has 0 saturated carbocycles. The van der Waals surface area contributed by atoms with Gasteiger partial charge in [0, 0.05) is 48.4 Å². The third kappa shape index (κ3) is 4.25. The lowest BCUT2D eigenvalue weighted by molar-refractivity contribution is 0.0774. The summed E-state index contributed by atoms with van der Waals surface area (Å²) in [6.45, 7) is 0.358. The van der Waals surface area contributed by atoms with Gasteiger partial charge in [-0.05, 0) is 61.2 Å². The minimum absolute atomic E-state index is 0.166. The maximum Gasteiger partial charge on any atom is 0.276 e. The predicted octanol–water partition coefficient (Wildman–Crippen LogP) is 4.97. The van der Waals surface area contributed by atoms with Crippen molar-refractivity contribution < 1.29 is 14.4 Å². The number of carbonyl (C=O) groups excluding carboxylic acids is 1. The predicted molar refractivity (Wildman–Crippen MR) is 123 cm³/mol. The summed E-state index contributed by atoms with van der Waals surface area (Å²) in [5.74, 6) is 0.405. The van der Waals surface area contributed by atoms with Gasteiger partial charge >= 0.3 is 0 Å². The zero-order valence-corrected chi connectivity index (χ0v) is 18.7. The number of hydrogen-bond donors (Lipinski definition) is 1. The van der Waals surface area contributed by atoms with E-state index < -0.39 is 0 Å². The van der Waals surface area contributed by atoms with Crippen molar-refractivity contribution in [3.8, 4) is 17.1 Å². The van der Waals surface area contributed by atoms with Crippen molar-refractivity contribution in [2.75, 3.05) is 7.05 Å². The van der Waals surface area contributed by atoms with Gasteiger partial charge in [-0.2, -0.15) is 0 Å². The Labute approximate surface area is 192 Å². The number of rotatable bonds is 4. The summed E-state index contributed by atoms with van der Waals surface area (Å²) in [5.41, 5.74) is 1.84. The molecular weight excluding hydrogens is 426 g/mol. The quantitative estimate of drug-likeness (QED) is 0.567. The molecule has 3 saturated heterocycles. The number of hydrogen-bond acceptors (Lipinski definition) is 5. The third-order valence-electron chi connectivity index (χ3n) is 6.63. The lowest BCUT2D eigenvalue weighted by Gasteiger charge is -2.28. The Morgan fingerprint density at radius 2 is 2.00 bits per heavy atom. The average Bonchev–Trinajstić information content (AvgIpc) is 3.20. The lowest BCUT2D eigenvalue weighted by Crippen LogP contribution is -2.33. The first-order chi connectivity index (χ1) is 15.5. The van der Waals surface area contributed by atoms with E-state index >= 15 is 0 Å². The van der Waals surface area contributed by atoms with Crippen molar-refractivity contribution in [1.29, 1.82) is 0 Å². The van der Waals surface area contributed by atoms with Gasteiger partial charge in [0.25, 0.3) is 5.91 Å². The topological polar surface area (TPSA) is 69.6 Å². The molecule has 2 aromatic carbocycles. The van der Waals surface area contributed by atoms with Crippen LogP contribution in [0.2, 0.25) is 5.02 Å². The summed E-state index contributed by atoms with van der Waals surface area (Å²) >= 11 is 5.86. The molecule has 6 rings (SSSR count). The first-order valence-corrected chi connectivity index (χ1v) is 11.4. The summed E-state index contributed by atoms with van der Waals surface area (Å²) in [5, 5.41) is 14.0. The van der Waals surface area contributed by atoms with Gasteiger partial charge in [-0.1, -0.05) is 35.3 Å². The molecule has 7 heteroatoms. The number of nitrogens with zero attached hydrogens (tertiary/aromatic N) is 3. The smallest absolute Gasteiger partial charge is 0.276 e. The van der Waals surface area contributed by atoms with E-state index in [9.17, 15) is 9.90 Å². The summed E-state index contributed by atoms with van der Waals surface area (Å²) in [6.07, 6.45) is 6.08. The first kappa shape index (κ1) is 21.0. The number of aromatic nitrogens is 1. The lowest BCUT2D eigenvalue weighted by atomic mass is 10.0. The van der Waals surface area contributed by atoms with Crippen LogP contribution in [0.3, 0.4) is 0 Å². The average molecular weight is 452 g/mol. The second-order valence-electron chi connectivity index (χ2n) is 8.82. The SMILES string of the molecule is C1CC2CC3C(C1)N23.CN(Cc1cccc(O)c1)C(=O)c1cc(-c2ccc(Cl)cc2)on1. The van der Waals surface area contributed by atoms with Gasteiger partial charge in [0.05, 0.1) is 0 Å². The fourth-order valence-corrected chi connectivity index (χ4v) is 5.06. The number of aromatic hydroxyl groups is 1. The summed E-state index contributed by atoms with van der Waals surface area (Å²) in [7, 11) is 1.67. The second-order valence-corrected chi connectivity index (χ2v) is 9.25. The van der Waals surface area contributed by atoms with Crippen LogP contribution in [0.15, 0.2) is 59.1 Å². The highest BCUT2D eigenvalue weighted by Gasteiger charge is 2.61. The number of halogens is 1. The zero-order valence-electron chi connectivity index (χ0n) is 17.9. The van der Waals surface area contributed by atoms with E-state index in [2.05, 4.69) is 10.1 Å². The summed E-state index contributed by atoms with van der Waals surface area (Å²) in [6, 6.07) is 18.7. The summed E-state index contributed by atoms with van der Waals surface area (Å²) in [4.78, 5) is 16.7. The van der Waals surface area contributed by atoms with Gasteiger partial charge in [-0.25, -0.2) is 0 Å². The highest BCUT2D eigenvalue weighted by atomic mass is 35.5. The number of piperidine rings is 1. The molecule has 0 aliphatic carbocycles. The monoisotopic (exact) mass is 451 g/mol. The van der Waals surface area contributed by atoms with Gasteiger partial charge in [0.15, 0.2) is 11.5 Å². The molecule has 0 spiro atoms. The molecule has 3 fully saturated rings. The van der Waals surface area contributed by atoms with E-state index in [1.165, 1.54) is 24.2 Å². The number of fused-ring (bicyclic) bond motifs is 1. The minimum atomic E-state index is -0.262. The normalized spacial score (nSPS) is 24.4. The van der Waals surface area contributed by atoms with Crippen molar-refractivity contribution in [3.63, 3.8) is 0 Å². The Morgan fingerprint density at radius 1 is 1.19 bits per heavy atom. The molecule has 1 amide bonds. The van der Waals surface area contributed by atoms with Crippen LogP contribution < -0.4 is 0 Å². The number of amides is 1. The number of phenols is 1. The van der Waals surface area contributed by atoms with E-state index in [1.807, 2.05) is 6.07 Å². The Kier molecular flexibility index (Phi) is 5.66. The molecule has 4 heterocycles. The van der Waals surface area contributed by atoms with Crippen molar-refractivity contribution in [1.82, 2.24) is 15.0 Å². The third-order valence-corrected chi connectivity index (χ3v) is 6.88. The van der Waals surface area contributed by atoms with E-state index in [0.717, 1.165) is 29.3 Å². The Balaban J connectivity index is 0.000000220. The van der Waals surface area contributed by atoms with E-state index in [1.54, 1.807) is 62.0 Å². The van der Waals surface area contributed by atoms with E-state index in [-0.39, 0.29) is 17.4 Å². The van der Waals surface area contributed by atoms with Gasteiger partial charge in [-0.15, -0.1) is 0 Å². The van der Waals surface area contributed by atoms with Crippen molar-refractivity contribution in [2.24, 2.45) is 0 Å². The van der Waals surface area contributed by atoms with Crippen molar-refractivity contribution in [3.05, 3.63) is 70.9 Å². The number of benzene rings is 2. The highest BCUT2D eigenvalue weighted by Crippen LogP contribution is 2.53. The molecule has 3 aliphatic heterocycles. The standard InChI is InChI=1S/C18H15ClN2O3.C7H11N/c1-21(11-12-3-2-4-15(22)9-12)18(23)16-10-17(24-20-16)13-5-7-14(19)8-6-13;1-2-5-4-7-6(3-1)8(5)7/h2-10,22H,11H2,1H3;5-7H,1-4H2. The first-order valence-electron chi connectivity index (χ1n) is 11.0. The maximum atomic E-state index is 12.5. The Morgan fingerprint density at radius 3 is 2.72 bits per heavy atom. The molecule has 4 atom stereocenters. The molecule has 3 aromatic rings. The van der Waals surface area contributed by atoms with Gasteiger partial charge in [0.1, 0.15) is 5.75 Å². The molecule has 166 valence electrons. The zero-order chi connectivity index (χ0) is 22.2. The number of phenolic OH excluding ortho intramolecular Hbond substituents is 1. The fourth-order valence-electron chi connectivity index (χ4n) is 4.93. The van der Waals surface area contributed by atoms with Crippen LogP contribution in [0, 0.1) is 0 Å². The van der Waals surface area contributed by atoms with Gasteiger partial charge in [0.2, 0.25) is 0 Å². The van der Waals surface area contributed by atoms with Crippen LogP contribution in [-0.2, 0) is 6.54 Å². The van der Waals surface area contributed by atoms with Crippen LogP contribution in [0.5, 0.6) is 5.75 Å². The molecular formula is C25H26ClN3O3. The maximum absolute atomic E-state index is 12.5. The Hall–Kier alpha value is -2.83. The molecule has 4 unspecified atom stereocenters. The highest BCUT2D eigenvalue weighted by molar-refractivity contribution is 6.30. The minimum Gasteiger partial charge on any atom is -0.508 e. The molecule has 1 N–H and O–H groups in total. The van der Waals surface area contributed by atoms with Crippen LogP contribution >= 0.6 is 11.6 Å². The number of carbonyl (C=O) groups is 1. The van der Waals surface area contributed by atoms with Crippen LogP contribution in [0.25, 0.3) is 11.3 Å². The van der Waals surface area contributed by atoms with Crippen LogP contribution in [0.1, 0.15) is 41.7 Å². The second kappa shape index (κ2) is 8.60. The van der Waals surface area contributed by atoms with Crippen molar-refractivity contribution in [2.45, 2.75) is 50.4 Å². The van der Waals surface area contributed by atoms with Crippen molar-refractivity contribution >= 4 is 17.5 Å². The molecule has 0 radical (unpaired) electrons. The molecule has 3 aliphatic rings. The molecule has 1 aromatic heterocycles. The largest absolute Gasteiger partial charge is 0.508 e. The van der Waals surface area contributed by atoms with E-state index in [4.69, 9.17) is 16.1 Å². The summed E-state index contributed by atoms with van der Waals surface area (Å²) < 4.78 is 5.25. The van der Waals surface area contributed by atoms with Crippen LogP contribution in [0.4, 0.5) is 0 Å². The molecule has 6 nitrogen and oxygen atoms in total. The van der Waals surface area contributed by atoms with Crippen LogP contribution in [-0.4, -0.2) is 51.1 Å². The molecule has 32 heavy (non-hydrogen) atoms. The molecule has 0 bridgehead atoms. The van der Waals surface area contributed by atoms with Gasteiger partial charge < -0.3 is 14.5 Å². The Bertz CT molecular complexity index is 1100. The van der Waals surface area contributed by atoms with Gasteiger partial charge in [-0.3, -0.25) is 9.69 Å². The fraction of sp³-hybridized carbons (Fsp3) is 0.360. The van der Waals surface area contributed by atoms with E-state index in [0.29, 0.717) is 17.3 Å².